The van der Waals surface area contributed by atoms with Gasteiger partial charge in [0.2, 0.25) is 0 Å². The van der Waals surface area contributed by atoms with Crippen molar-refractivity contribution < 1.29 is 0 Å². The van der Waals surface area contributed by atoms with E-state index in [1.165, 1.54) is 18.1 Å². The molecule has 0 atom stereocenters. The second kappa shape index (κ2) is 4.54. The van der Waals surface area contributed by atoms with Gasteiger partial charge in [-0.15, -0.1) is 0 Å². The van der Waals surface area contributed by atoms with E-state index in [-0.39, 0.29) is 5.56 Å². The second-order valence-electron chi connectivity index (χ2n) is 2.50. The minimum atomic E-state index is -0.212. The SMILES string of the molecule is O=c1[nH]cnc(Sc2cnccn2)c1Br. The second-order valence-corrected chi connectivity index (χ2v) is 4.30. The first kappa shape index (κ1) is 10.3. The smallest absolute Gasteiger partial charge is 0.266 e. The fraction of sp³-hybridized carbons (Fsp3) is 0. The first-order chi connectivity index (χ1) is 7.27. The number of hydrogen-bond donors (Lipinski definition) is 1. The molecule has 0 saturated heterocycles. The lowest BCUT2D eigenvalue weighted by atomic mass is 10.7. The Labute approximate surface area is 97.5 Å². The van der Waals surface area contributed by atoms with Gasteiger partial charge in [-0.25, -0.2) is 9.97 Å². The topological polar surface area (TPSA) is 71.5 Å². The molecule has 7 heteroatoms. The summed E-state index contributed by atoms with van der Waals surface area (Å²) in [7, 11) is 0. The van der Waals surface area contributed by atoms with Crippen LogP contribution in [0, 0.1) is 0 Å². The zero-order chi connectivity index (χ0) is 10.7. The number of nitrogens with zero attached hydrogens (tertiary/aromatic N) is 3. The normalized spacial score (nSPS) is 10.2. The van der Waals surface area contributed by atoms with Crippen molar-refractivity contribution in [1.82, 2.24) is 19.9 Å². The number of H-pyrrole nitrogens is 1. The Kier molecular flexibility index (Phi) is 3.12. The summed E-state index contributed by atoms with van der Waals surface area (Å²) in [6.45, 7) is 0. The van der Waals surface area contributed by atoms with Crippen molar-refractivity contribution in [3.8, 4) is 0 Å². The van der Waals surface area contributed by atoms with E-state index in [9.17, 15) is 4.79 Å². The van der Waals surface area contributed by atoms with Crippen molar-refractivity contribution in [1.29, 1.82) is 0 Å². The number of rotatable bonds is 2. The van der Waals surface area contributed by atoms with E-state index >= 15 is 0 Å². The van der Waals surface area contributed by atoms with Crippen LogP contribution in [0.5, 0.6) is 0 Å². The largest absolute Gasteiger partial charge is 0.312 e. The highest BCUT2D eigenvalue weighted by Crippen LogP contribution is 2.26. The summed E-state index contributed by atoms with van der Waals surface area (Å²) in [6, 6.07) is 0. The summed E-state index contributed by atoms with van der Waals surface area (Å²) in [5.41, 5.74) is -0.212. The molecule has 76 valence electrons. The summed E-state index contributed by atoms with van der Waals surface area (Å²) in [6.07, 6.45) is 6.14. The number of aromatic amines is 1. The first-order valence-corrected chi connectivity index (χ1v) is 5.55. The third-order valence-corrected chi connectivity index (χ3v) is 3.43. The average molecular weight is 285 g/mol. The van der Waals surface area contributed by atoms with Gasteiger partial charge in [0, 0.05) is 12.4 Å². The Morgan fingerprint density at radius 1 is 1.33 bits per heavy atom. The van der Waals surface area contributed by atoms with Crippen LogP contribution >= 0.6 is 27.7 Å². The van der Waals surface area contributed by atoms with Crippen LogP contribution in [0.2, 0.25) is 0 Å². The van der Waals surface area contributed by atoms with Crippen molar-refractivity contribution >= 4 is 27.7 Å². The maximum Gasteiger partial charge on any atom is 0.266 e. The van der Waals surface area contributed by atoms with E-state index in [0.29, 0.717) is 14.5 Å². The molecule has 2 heterocycles. The molecule has 0 fully saturated rings. The monoisotopic (exact) mass is 284 g/mol. The Hall–Kier alpha value is -1.21. The lowest BCUT2D eigenvalue weighted by Gasteiger charge is -1.99. The van der Waals surface area contributed by atoms with E-state index in [4.69, 9.17) is 0 Å². The fourth-order valence-corrected chi connectivity index (χ4v) is 2.05. The zero-order valence-electron chi connectivity index (χ0n) is 7.35. The van der Waals surface area contributed by atoms with Crippen LogP contribution < -0.4 is 5.56 Å². The van der Waals surface area contributed by atoms with Crippen LogP contribution in [0.4, 0.5) is 0 Å². The molecule has 0 saturated carbocycles. The highest BCUT2D eigenvalue weighted by molar-refractivity contribution is 9.10. The van der Waals surface area contributed by atoms with Crippen LogP contribution in [0.1, 0.15) is 0 Å². The highest BCUT2D eigenvalue weighted by atomic mass is 79.9. The van der Waals surface area contributed by atoms with Crippen LogP contribution in [-0.4, -0.2) is 19.9 Å². The van der Waals surface area contributed by atoms with E-state index in [1.54, 1.807) is 18.6 Å². The number of nitrogens with one attached hydrogen (secondary N) is 1. The number of hydrogen-bond acceptors (Lipinski definition) is 5. The van der Waals surface area contributed by atoms with Crippen LogP contribution in [0.3, 0.4) is 0 Å². The minimum Gasteiger partial charge on any atom is -0.312 e. The molecule has 0 aliphatic heterocycles. The molecule has 0 aromatic carbocycles. The average Bonchev–Trinajstić information content (AvgIpc) is 2.26. The first-order valence-electron chi connectivity index (χ1n) is 3.94. The summed E-state index contributed by atoms with van der Waals surface area (Å²) >= 11 is 4.44. The van der Waals surface area contributed by atoms with Gasteiger partial charge in [-0.3, -0.25) is 9.78 Å². The Balaban J connectivity index is 2.33. The lowest BCUT2D eigenvalue weighted by molar-refractivity contribution is 0.979. The highest BCUT2D eigenvalue weighted by Gasteiger charge is 2.07. The van der Waals surface area contributed by atoms with Gasteiger partial charge in [-0.2, -0.15) is 0 Å². The molecule has 15 heavy (non-hydrogen) atoms. The Morgan fingerprint density at radius 2 is 2.20 bits per heavy atom. The van der Waals surface area contributed by atoms with Gasteiger partial charge < -0.3 is 4.98 Å². The predicted octanol–water partition coefficient (Wildman–Crippen LogP) is 1.47. The molecule has 0 amide bonds. The zero-order valence-corrected chi connectivity index (χ0v) is 9.75. The Bertz CT molecular complexity index is 516. The van der Waals surface area contributed by atoms with Crippen LogP contribution in [0.25, 0.3) is 0 Å². The maximum absolute atomic E-state index is 11.2. The number of halogens is 1. The van der Waals surface area contributed by atoms with Gasteiger partial charge in [0.25, 0.3) is 5.56 Å². The van der Waals surface area contributed by atoms with Gasteiger partial charge in [-0.1, -0.05) is 0 Å². The molecular formula is C8H5BrN4OS. The van der Waals surface area contributed by atoms with Crippen molar-refractivity contribution in [3.63, 3.8) is 0 Å². The summed E-state index contributed by atoms with van der Waals surface area (Å²) < 4.78 is 0.403. The predicted molar refractivity (Wildman–Crippen MR) is 58.7 cm³/mol. The van der Waals surface area contributed by atoms with E-state index in [2.05, 4.69) is 35.9 Å². The third-order valence-electron chi connectivity index (χ3n) is 1.51. The Morgan fingerprint density at radius 3 is 2.93 bits per heavy atom. The molecule has 0 unspecified atom stereocenters. The molecule has 1 N–H and O–H groups in total. The lowest BCUT2D eigenvalue weighted by Crippen LogP contribution is -2.07. The molecular weight excluding hydrogens is 280 g/mol. The number of aromatic nitrogens is 4. The van der Waals surface area contributed by atoms with Crippen molar-refractivity contribution in [2.75, 3.05) is 0 Å². The molecule has 5 nitrogen and oxygen atoms in total. The summed E-state index contributed by atoms with van der Waals surface area (Å²) in [5.74, 6) is 0. The molecule has 0 spiro atoms. The molecule has 0 bridgehead atoms. The van der Waals surface area contributed by atoms with E-state index < -0.39 is 0 Å². The molecule has 0 aliphatic carbocycles. The van der Waals surface area contributed by atoms with Gasteiger partial charge in [0.15, 0.2) is 0 Å². The van der Waals surface area contributed by atoms with Crippen LogP contribution in [0.15, 0.2) is 44.2 Å². The van der Waals surface area contributed by atoms with Crippen LogP contribution in [-0.2, 0) is 0 Å². The van der Waals surface area contributed by atoms with Gasteiger partial charge in [0.05, 0.1) is 12.5 Å². The van der Waals surface area contributed by atoms with Crippen molar-refractivity contribution in [2.24, 2.45) is 0 Å². The van der Waals surface area contributed by atoms with Crippen molar-refractivity contribution in [3.05, 3.63) is 39.7 Å². The third kappa shape index (κ3) is 2.42. The molecule has 2 aromatic heterocycles. The van der Waals surface area contributed by atoms with Gasteiger partial charge >= 0.3 is 0 Å². The molecule has 0 aliphatic rings. The minimum absolute atomic E-state index is 0.212. The van der Waals surface area contributed by atoms with E-state index in [1.807, 2.05) is 0 Å². The summed E-state index contributed by atoms with van der Waals surface area (Å²) in [4.78, 5) is 25.7. The maximum atomic E-state index is 11.2. The summed E-state index contributed by atoms with van der Waals surface area (Å²) in [5, 5.41) is 1.26. The molecule has 2 rings (SSSR count). The standard InChI is InChI=1S/C8H5BrN4OS/c9-6-7(14)12-4-13-8(6)15-5-3-10-1-2-11-5/h1-4H,(H,12,13,14). The van der Waals surface area contributed by atoms with Gasteiger partial charge in [0.1, 0.15) is 14.5 Å². The molecule has 0 radical (unpaired) electrons. The van der Waals surface area contributed by atoms with E-state index in [0.717, 1.165) is 0 Å². The van der Waals surface area contributed by atoms with Gasteiger partial charge in [-0.05, 0) is 27.7 Å². The van der Waals surface area contributed by atoms with Crippen molar-refractivity contribution in [2.45, 2.75) is 10.1 Å². The fourth-order valence-electron chi connectivity index (χ4n) is 0.875. The quantitative estimate of drug-likeness (QED) is 0.846. The molecule has 2 aromatic rings.